The van der Waals surface area contributed by atoms with Crippen molar-refractivity contribution in [1.29, 1.82) is 0 Å². The Morgan fingerprint density at radius 3 is 2.23 bits per heavy atom. The maximum atomic E-state index is 15.5. The van der Waals surface area contributed by atoms with Gasteiger partial charge >= 0.3 is 18.2 Å². The second kappa shape index (κ2) is 17.0. The van der Waals surface area contributed by atoms with E-state index >= 15 is 4.39 Å². The molecule has 60 heavy (non-hydrogen) atoms. The Bertz CT molecular complexity index is 2170. The van der Waals surface area contributed by atoms with Crippen molar-refractivity contribution in [3.63, 3.8) is 0 Å². The highest BCUT2D eigenvalue weighted by atomic mass is 35.5. The van der Waals surface area contributed by atoms with Crippen molar-refractivity contribution >= 4 is 40.5 Å². The van der Waals surface area contributed by atoms with E-state index in [1.807, 2.05) is 30.6 Å². The SMILES string of the molecule is CC(C)(C)OC(=O)N1C2CCC1CN(c1nc(OC[C@@H]3CCCN3CCCC3CCN(C(=O)OCC4c5ccccc5-c5ccccc54)CC3)nc3c(F)c(Cl)ncc13)C2. The van der Waals surface area contributed by atoms with Crippen molar-refractivity contribution in [3.05, 3.63) is 76.8 Å². The average molecular weight is 840 g/mol. The van der Waals surface area contributed by atoms with E-state index in [2.05, 4.69) is 68.3 Å². The number of piperidine rings is 1. The number of carbonyl (C=O) groups is 2. The van der Waals surface area contributed by atoms with Crippen LogP contribution in [0.4, 0.5) is 19.8 Å². The van der Waals surface area contributed by atoms with Gasteiger partial charge < -0.3 is 24.0 Å². The lowest BCUT2D eigenvalue weighted by Gasteiger charge is -2.42. The molecule has 4 aliphatic heterocycles. The molecule has 5 aliphatic rings. The Kier molecular flexibility index (Phi) is 11.5. The summed E-state index contributed by atoms with van der Waals surface area (Å²) in [6, 6.07) is 17.0. The third kappa shape index (κ3) is 8.31. The van der Waals surface area contributed by atoms with E-state index in [9.17, 15) is 9.59 Å². The van der Waals surface area contributed by atoms with Gasteiger partial charge in [-0.05, 0) is 113 Å². The van der Waals surface area contributed by atoms with Gasteiger partial charge in [-0.15, -0.1) is 0 Å². The summed E-state index contributed by atoms with van der Waals surface area (Å²) in [5.41, 5.74) is 4.39. The number of hydrogen-bond donors (Lipinski definition) is 0. The molecule has 0 radical (unpaired) electrons. The highest BCUT2D eigenvalue weighted by molar-refractivity contribution is 6.30. The monoisotopic (exact) mass is 839 g/mol. The number of fused-ring (bicyclic) bond motifs is 6. The molecule has 2 unspecified atom stereocenters. The summed E-state index contributed by atoms with van der Waals surface area (Å²) < 4.78 is 33.5. The molecule has 14 heteroatoms. The van der Waals surface area contributed by atoms with Gasteiger partial charge in [-0.1, -0.05) is 60.1 Å². The maximum Gasteiger partial charge on any atom is 0.410 e. The molecule has 2 aromatic heterocycles. The fraction of sp³-hybridized carbons (Fsp3) is 0.543. The highest BCUT2D eigenvalue weighted by Gasteiger charge is 2.45. The molecule has 0 saturated carbocycles. The van der Waals surface area contributed by atoms with Gasteiger partial charge in [0.05, 0.1) is 17.5 Å². The van der Waals surface area contributed by atoms with Crippen molar-refractivity contribution in [3.8, 4) is 17.1 Å². The van der Waals surface area contributed by atoms with Gasteiger partial charge in [0.1, 0.15) is 30.1 Å². The van der Waals surface area contributed by atoms with E-state index in [0.29, 0.717) is 43.4 Å². The molecule has 4 aromatic rings. The van der Waals surface area contributed by atoms with Crippen LogP contribution in [-0.2, 0) is 9.47 Å². The number of carbonyl (C=O) groups excluding carboxylic acids is 2. The van der Waals surface area contributed by atoms with Crippen LogP contribution in [-0.4, -0.2) is 118 Å². The lowest BCUT2D eigenvalue weighted by atomic mass is 9.92. The largest absolute Gasteiger partial charge is 0.462 e. The Morgan fingerprint density at radius 2 is 1.55 bits per heavy atom. The number of hydrogen-bond acceptors (Lipinski definition) is 10. The maximum absolute atomic E-state index is 15.5. The summed E-state index contributed by atoms with van der Waals surface area (Å²) in [7, 11) is 0. The van der Waals surface area contributed by atoms with Crippen LogP contribution in [0.15, 0.2) is 54.7 Å². The number of likely N-dealkylation sites (tertiary alicyclic amines) is 2. The molecule has 0 spiro atoms. The zero-order valence-corrected chi connectivity index (χ0v) is 35.6. The fourth-order valence-corrected chi connectivity index (χ4v) is 10.4. The number of rotatable bonds is 10. The molecule has 2 aromatic carbocycles. The molecule has 6 heterocycles. The van der Waals surface area contributed by atoms with E-state index in [4.69, 9.17) is 30.8 Å². The molecule has 9 rings (SSSR count). The van der Waals surface area contributed by atoms with Crippen molar-refractivity contribution in [2.45, 2.75) is 102 Å². The topological polar surface area (TPSA) is 113 Å². The number of nitrogens with zero attached hydrogens (tertiary/aromatic N) is 7. The fourth-order valence-electron chi connectivity index (χ4n) is 10.2. The van der Waals surface area contributed by atoms with Gasteiger partial charge in [0, 0.05) is 44.3 Å². The predicted molar refractivity (Wildman–Crippen MR) is 228 cm³/mol. The van der Waals surface area contributed by atoms with Crippen LogP contribution in [0.25, 0.3) is 22.0 Å². The minimum Gasteiger partial charge on any atom is -0.462 e. The predicted octanol–water partition coefficient (Wildman–Crippen LogP) is 8.69. The van der Waals surface area contributed by atoms with Crippen molar-refractivity contribution in [2.24, 2.45) is 5.92 Å². The summed E-state index contributed by atoms with van der Waals surface area (Å²) in [4.78, 5) is 48.1. The molecule has 12 nitrogen and oxygen atoms in total. The summed E-state index contributed by atoms with van der Waals surface area (Å²) in [5.74, 6) is 0.462. The first-order chi connectivity index (χ1) is 29.0. The van der Waals surface area contributed by atoms with Crippen LogP contribution in [0.5, 0.6) is 6.01 Å². The third-order valence-electron chi connectivity index (χ3n) is 13.2. The highest BCUT2D eigenvalue weighted by Crippen LogP contribution is 2.45. The molecule has 4 saturated heterocycles. The van der Waals surface area contributed by atoms with Gasteiger partial charge in [0.15, 0.2) is 11.0 Å². The zero-order chi connectivity index (χ0) is 41.5. The Balaban J connectivity index is 0.764. The number of aromatic nitrogens is 3. The summed E-state index contributed by atoms with van der Waals surface area (Å²) in [5, 5.41) is 0.207. The Labute approximate surface area is 356 Å². The molecule has 1 aliphatic carbocycles. The summed E-state index contributed by atoms with van der Waals surface area (Å²) >= 11 is 6.14. The molecule has 2 amide bonds. The average Bonchev–Trinajstić information content (AvgIpc) is 3.91. The number of halogens is 2. The van der Waals surface area contributed by atoms with Crippen LogP contribution >= 0.6 is 11.6 Å². The quantitative estimate of drug-likeness (QED) is 0.144. The van der Waals surface area contributed by atoms with Gasteiger partial charge in [-0.25, -0.2) is 19.0 Å². The number of anilines is 1. The molecular formula is C46H55ClFN7O5. The first-order valence-corrected chi connectivity index (χ1v) is 22.1. The lowest BCUT2D eigenvalue weighted by molar-refractivity contribution is 0.0122. The van der Waals surface area contributed by atoms with E-state index in [1.54, 1.807) is 0 Å². The molecule has 318 valence electrons. The second-order valence-corrected chi connectivity index (χ2v) is 18.5. The normalized spacial score (nSPS) is 22.0. The van der Waals surface area contributed by atoms with Gasteiger partial charge in [-0.2, -0.15) is 9.97 Å². The van der Waals surface area contributed by atoms with E-state index in [1.165, 1.54) is 28.5 Å². The number of amides is 2. The Hall–Kier alpha value is -4.75. The minimum absolute atomic E-state index is 0.0565. The van der Waals surface area contributed by atoms with E-state index in [-0.39, 0.29) is 52.9 Å². The number of pyridine rings is 1. The first kappa shape index (κ1) is 40.6. The second-order valence-electron chi connectivity index (χ2n) is 18.2. The van der Waals surface area contributed by atoms with Gasteiger partial charge in [-0.3, -0.25) is 9.80 Å². The first-order valence-electron chi connectivity index (χ1n) is 21.8. The standard InChI is InChI=1S/C46H55ClFN7O5/c1-46(2,3)60-45(57)55-30-16-17-31(55)26-54(25-30)42-37-24-49-41(47)39(48)40(37)50-43(51-42)58-27-32-11-9-21-52(32)20-8-10-29-18-22-53(23-19-29)44(56)59-28-38-35-14-6-4-12-33(35)34-13-5-7-15-36(34)38/h4-7,12-15,24,29-32,38H,8-11,16-23,25-28H2,1-3H3/t30?,31?,32-/m0/s1. The van der Waals surface area contributed by atoms with Crippen molar-refractivity contribution < 1.29 is 28.2 Å². The van der Waals surface area contributed by atoms with E-state index < -0.39 is 11.4 Å². The van der Waals surface area contributed by atoms with Crippen LogP contribution in [0.3, 0.4) is 0 Å². The lowest BCUT2D eigenvalue weighted by Crippen LogP contribution is -2.57. The zero-order valence-electron chi connectivity index (χ0n) is 34.8. The summed E-state index contributed by atoms with van der Waals surface area (Å²) in [6.45, 7) is 10.8. The summed E-state index contributed by atoms with van der Waals surface area (Å²) in [6.07, 6.45) is 8.91. The molecular weight excluding hydrogens is 785 g/mol. The number of benzene rings is 2. The van der Waals surface area contributed by atoms with Gasteiger partial charge in [0.2, 0.25) is 0 Å². The minimum atomic E-state index is -0.704. The smallest absolute Gasteiger partial charge is 0.410 e. The van der Waals surface area contributed by atoms with Crippen LogP contribution < -0.4 is 9.64 Å². The Morgan fingerprint density at radius 1 is 0.867 bits per heavy atom. The number of piperazine rings is 1. The van der Waals surface area contributed by atoms with Crippen molar-refractivity contribution in [2.75, 3.05) is 57.4 Å². The van der Waals surface area contributed by atoms with Gasteiger partial charge in [0.25, 0.3) is 0 Å². The van der Waals surface area contributed by atoms with Crippen LogP contribution in [0, 0.1) is 11.7 Å². The third-order valence-corrected chi connectivity index (χ3v) is 13.4. The van der Waals surface area contributed by atoms with Crippen LogP contribution in [0.1, 0.15) is 89.2 Å². The van der Waals surface area contributed by atoms with Crippen LogP contribution in [0.2, 0.25) is 5.15 Å². The molecule has 3 atom stereocenters. The molecule has 0 N–H and O–H groups in total. The van der Waals surface area contributed by atoms with Crippen molar-refractivity contribution in [1.82, 2.24) is 29.7 Å². The molecule has 2 bridgehead atoms. The molecule has 4 fully saturated rings. The number of ether oxygens (including phenoxy) is 3. The van der Waals surface area contributed by atoms with E-state index in [0.717, 1.165) is 77.5 Å².